The van der Waals surface area contributed by atoms with Crippen molar-refractivity contribution < 1.29 is 9.53 Å². The molecule has 4 rings (SSSR count). The lowest BCUT2D eigenvalue weighted by Gasteiger charge is -2.36. The number of ether oxygens (including phenoxy) is 1. The Balaban J connectivity index is 1.34. The maximum Gasteiger partial charge on any atom is 0.227 e. The van der Waals surface area contributed by atoms with Gasteiger partial charge in [-0.05, 0) is 28.8 Å². The number of carbonyl (C=O) groups is 1. The molecule has 1 heterocycles. The Morgan fingerprint density at radius 3 is 2.10 bits per heavy atom. The highest BCUT2D eigenvalue weighted by Gasteiger charge is 2.22. The molecule has 0 N–H and O–H groups in total. The second-order valence-corrected chi connectivity index (χ2v) is 7.28. The highest BCUT2D eigenvalue weighted by molar-refractivity contribution is 5.79. The van der Waals surface area contributed by atoms with Gasteiger partial charge in [-0.3, -0.25) is 4.79 Å². The molecule has 1 amide bonds. The average molecular weight is 386 g/mol. The van der Waals surface area contributed by atoms with Crippen LogP contribution < -0.4 is 9.64 Å². The van der Waals surface area contributed by atoms with E-state index in [9.17, 15) is 4.79 Å². The van der Waals surface area contributed by atoms with Crippen LogP contribution in [0.25, 0.3) is 11.1 Å². The van der Waals surface area contributed by atoms with E-state index in [0.29, 0.717) is 6.42 Å². The summed E-state index contributed by atoms with van der Waals surface area (Å²) in [5.74, 6) is 1.07. The first-order valence-electron chi connectivity index (χ1n) is 10.0. The minimum atomic E-state index is 0.192. The van der Waals surface area contributed by atoms with Gasteiger partial charge in [0.1, 0.15) is 5.75 Å². The molecule has 1 aliphatic rings. The van der Waals surface area contributed by atoms with Crippen LogP contribution in [-0.4, -0.2) is 44.1 Å². The van der Waals surface area contributed by atoms with E-state index in [-0.39, 0.29) is 5.91 Å². The maximum absolute atomic E-state index is 12.8. The molecule has 0 radical (unpaired) electrons. The number of rotatable bonds is 5. The lowest BCUT2D eigenvalue weighted by Crippen LogP contribution is -2.49. The maximum atomic E-state index is 12.8. The van der Waals surface area contributed by atoms with Gasteiger partial charge in [0, 0.05) is 26.2 Å². The van der Waals surface area contributed by atoms with Crippen molar-refractivity contribution in [3.63, 3.8) is 0 Å². The Labute approximate surface area is 172 Å². The Bertz CT molecular complexity index is 946. The van der Waals surface area contributed by atoms with Crippen molar-refractivity contribution in [3.8, 4) is 16.9 Å². The Morgan fingerprint density at radius 2 is 1.41 bits per heavy atom. The molecular formula is C25H26N2O2. The number of hydrogen-bond acceptors (Lipinski definition) is 3. The molecule has 4 nitrogen and oxygen atoms in total. The predicted molar refractivity (Wildman–Crippen MR) is 117 cm³/mol. The Kier molecular flexibility index (Phi) is 5.80. The molecule has 29 heavy (non-hydrogen) atoms. The summed E-state index contributed by atoms with van der Waals surface area (Å²) in [5.41, 5.74) is 4.52. The molecule has 1 aliphatic heterocycles. The number of para-hydroxylation sites is 2. The van der Waals surface area contributed by atoms with Crippen molar-refractivity contribution in [1.29, 1.82) is 0 Å². The summed E-state index contributed by atoms with van der Waals surface area (Å²) in [6, 6.07) is 26.7. The van der Waals surface area contributed by atoms with E-state index in [1.165, 1.54) is 11.1 Å². The molecule has 0 aromatic heterocycles. The van der Waals surface area contributed by atoms with E-state index in [2.05, 4.69) is 47.4 Å². The summed E-state index contributed by atoms with van der Waals surface area (Å²) in [7, 11) is 1.70. The van der Waals surface area contributed by atoms with Crippen LogP contribution >= 0.6 is 0 Å². The van der Waals surface area contributed by atoms with Crippen molar-refractivity contribution in [2.24, 2.45) is 0 Å². The summed E-state index contributed by atoms with van der Waals surface area (Å²) in [4.78, 5) is 17.0. The quantitative estimate of drug-likeness (QED) is 0.657. The van der Waals surface area contributed by atoms with Crippen LogP contribution in [0.15, 0.2) is 78.9 Å². The van der Waals surface area contributed by atoms with Crippen LogP contribution in [0, 0.1) is 0 Å². The van der Waals surface area contributed by atoms with E-state index in [0.717, 1.165) is 43.2 Å². The van der Waals surface area contributed by atoms with Gasteiger partial charge < -0.3 is 14.5 Å². The lowest BCUT2D eigenvalue weighted by atomic mass is 10.0. The number of piperazine rings is 1. The van der Waals surface area contributed by atoms with Gasteiger partial charge in [-0.2, -0.15) is 0 Å². The third-order valence-corrected chi connectivity index (χ3v) is 5.47. The van der Waals surface area contributed by atoms with Crippen molar-refractivity contribution in [1.82, 2.24) is 4.90 Å². The zero-order valence-electron chi connectivity index (χ0n) is 16.8. The standard InChI is InChI=1S/C25H26N2O2/c1-29-24-10-6-5-9-23(24)26-15-17-27(18-16-26)25(28)19-20-11-13-22(14-12-20)21-7-3-2-4-8-21/h2-14H,15-19H2,1H3. The fraction of sp³-hybridized carbons (Fsp3) is 0.240. The molecular weight excluding hydrogens is 360 g/mol. The number of benzene rings is 3. The first kappa shape index (κ1) is 19.1. The molecule has 0 bridgehead atoms. The fourth-order valence-corrected chi connectivity index (χ4v) is 3.82. The van der Waals surface area contributed by atoms with Gasteiger partial charge in [-0.15, -0.1) is 0 Å². The first-order valence-corrected chi connectivity index (χ1v) is 10.0. The summed E-state index contributed by atoms with van der Waals surface area (Å²) in [6.45, 7) is 3.11. The van der Waals surface area contributed by atoms with E-state index in [1.54, 1.807) is 7.11 Å². The minimum absolute atomic E-state index is 0.192. The molecule has 0 saturated carbocycles. The molecule has 3 aromatic rings. The van der Waals surface area contributed by atoms with Gasteiger partial charge in [0.25, 0.3) is 0 Å². The van der Waals surface area contributed by atoms with Crippen molar-refractivity contribution >= 4 is 11.6 Å². The monoisotopic (exact) mass is 386 g/mol. The number of methoxy groups -OCH3 is 1. The SMILES string of the molecule is COc1ccccc1N1CCN(C(=O)Cc2ccc(-c3ccccc3)cc2)CC1. The van der Waals surface area contributed by atoms with Gasteiger partial charge in [-0.1, -0.05) is 66.7 Å². The molecule has 1 saturated heterocycles. The van der Waals surface area contributed by atoms with Gasteiger partial charge in [0.2, 0.25) is 5.91 Å². The topological polar surface area (TPSA) is 32.8 Å². The molecule has 0 atom stereocenters. The highest BCUT2D eigenvalue weighted by Crippen LogP contribution is 2.28. The van der Waals surface area contributed by atoms with Crippen LogP contribution in [0.3, 0.4) is 0 Å². The van der Waals surface area contributed by atoms with E-state index >= 15 is 0 Å². The number of carbonyl (C=O) groups excluding carboxylic acids is 1. The Hall–Kier alpha value is -3.27. The zero-order valence-corrected chi connectivity index (χ0v) is 16.8. The number of anilines is 1. The normalized spacial score (nSPS) is 14.0. The van der Waals surface area contributed by atoms with Crippen molar-refractivity contribution in [2.75, 3.05) is 38.2 Å². The highest BCUT2D eigenvalue weighted by atomic mass is 16.5. The van der Waals surface area contributed by atoms with Crippen LogP contribution in [0.4, 0.5) is 5.69 Å². The largest absolute Gasteiger partial charge is 0.495 e. The lowest BCUT2D eigenvalue weighted by molar-refractivity contribution is -0.130. The predicted octanol–water partition coefficient (Wildman–Crippen LogP) is 4.25. The van der Waals surface area contributed by atoms with Crippen LogP contribution in [0.1, 0.15) is 5.56 Å². The van der Waals surface area contributed by atoms with Gasteiger partial charge in [0.15, 0.2) is 0 Å². The molecule has 4 heteroatoms. The summed E-state index contributed by atoms with van der Waals surface area (Å²) >= 11 is 0. The first-order chi connectivity index (χ1) is 14.2. The molecule has 1 fully saturated rings. The smallest absolute Gasteiger partial charge is 0.227 e. The van der Waals surface area contributed by atoms with E-state index in [4.69, 9.17) is 4.74 Å². The summed E-state index contributed by atoms with van der Waals surface area (Å²) in [6.07, 6.45) is 0.448. The average Bonchev–Trinajstić information content (AvgIpc) is 2.80. The fourth-order valence-electron chi connectivity index (χ4n) is 3.82. The van der Waals surface area contributed by atoms with E-state index in [1.807, 2.05) is 41.3 Å². The van der Waals surface area contributed by atoms with Gasteiger partial charge in [0.05, 0.1) is 19.2 Å². The molecule has 0 spiro atoms. The van der Waals surface area contributed by atoms with Gasteiger partial charge in [-0.25, -0.2) is 0 Å². The third-order valence-electron chi connectivity index (χ3n) is 5.47. The molecule has 3 aromatic carbocycles. The number of nitrogens with zero attached hydrogens (tertiary/aromatic N) is 2. The van der Waals surface area contributed by atoms with Crippen LogP contribution in [0.2, 0.25) is 0 Å². The summed E-state index contributed by atoms with van der Waals surface area (Å²) < 4.78 is 5.47. The van der Waals surface area contributed by atoms with Crippen molar-refractivity contribution in [3.05, 3.63) is 84.4 Å². The van der Waals surface area contributed by atoms with Crippen molar-refractivity contribution in [2.45, 2.75) is 6.42 Å². The zero-order chi connectivity index (χ0) is 20.1. The molecule has 148 valence electrons. The molecule has 0 unspecified atom stereocenters. The Morgan fingerprint density at radius 1 is 0.793 bits per heavy atom. The number of amides is 1. The van der Waals surface area contributed by atoms with Gasteiger partial charge >= 0.3 is 0 Å². The second-order valence-electron chi connectivity index (χ2n) is 7.28. The van der Waals surface area contributed by atoms with Crippen LogP contribution in [-0.2, 0) is 11.2 Å². The number of hydrogen-bond donors (Lipinski definition) is 0. The van der Waals surface area contributed by atoms with E-state index < -0.39 is 0 Å². The third kappa shape index (κ3) is 4.43. The molecule has 0 aliphatic carbocycles. The summed E-state index contributed by atoms with van der Waals surface area (Å²) in [5, 5.41) is 0. The minimum Gasteiger partial charge on any atom is -0.495 e. The second kappa shape index (κ2) is 8.82. The van der Waals surface area contributed by atoms with Crippen LogP contribution in [0.5, 0.6) is 5.75 Å².